The van der Waals surface area contributed by atoms with Crippen molar-refractivity contribution < 1.29 is 22.7 Å². The van der Waals surface area contributed by atoms with E-state index in [4.69, 9.17) is 0 Å². The fourth-order valence-corrected chi connectivity index (χ4v) is 2.64. The first-order valence-electron chi connectivity index (χ1n) is 7.39. The molecule has 132 valence electrons. The highest BCUT2D eigenvalue weighted by molar-refractivity contribution is 6.01. The van der Waals surface area contributed by atoms with Gasteiger partial charge in [0.05, 0.1) is 11.3 Å². The Bertz CT molecular complexity index is 896. The monoisotopic (exact) mass is 353 g/mol. The number of anilines is 2. The normalized spacial score (nSPS) is 13.4. The van der Waals surface area contributed by atoms with Crippen LogP contribution in [0.5, 0.6) is 5.75 Å². The Morgan fingerprint density at radius 1 is 1.28 bits per heavy atom. The van der Waals surface area contributed by atoms with Crippen LogP contribution in [0.2, 0.25) is 0 Å². The van der Waals surface area contributed by atoms with Gasteiger partial charge in [0, 0.05) is 25.7 Å². The van der Waals surface area contributed by atoms with Crippen LogP contribution in [0.1, 0.15) is 15.9 Å². The van der Waals surface area contributed by atoms with Crippen LogP contribution < -0.4 is 20.9 Å². The van der Waals surface area contributed by atoms with Gasteiger partial charge < -0.3 is 15.4 Å². The van der Waals surface area contributed by atoms with Gasteiger partial charge in [0.25, 0.3) is 11.5 Å². The van der Waals surface area contributed by atoms with Gasteiger partial charge in [-0.05, 0) is 24.1 Å². The molecule has 0 bridgehead atoms. The molecule has 0 saturated heterocycles. The minimum absolute atomic E-state index is 0.0802. The molecular formula is C16H14F3N3O3. The number of nitrogens with one attached hydrogen (secondary N) is 2. The SMILES string of the molecule is Cn1c(Nc2ccc(OC(F)F)cc2F)c2c(cc1=O)CCNC2=O. The topological polar surface area (TPSA) is 72.4 Å². The van der Waals surface area contributed by atoms with Crippen molar-refractivity contribution in [3.05, 3.63) is 51.6 Å². The van der Waals surface area contributed by atoms with Gasteiger partial charge in [-0.1, -0.05) is 0 Å². The molecule has 0 radical (unpaired) electrons. The van der Waals surface area contributed by atoms with Crippen LogP contribution in [0.15, 0.2) is 29.1 Å². The van der Waals surface area contributed by atoms with Gasteiger partial charge in [-0.25, -0.2) is 4.39 Å². The van der Waals surface area contributed by atoms with Crippen LogP contribution in [-0.4, -0.2) is 23.6 Å². The molecule has 2 aromatic rings. The Balaban J connectivity index is 2.02. The molecule has 0 atom stereocenters. The lowest BCUT2D eigenvalue weighted by atomic mass is 10.0. The molecule has 1 aromatic heterocycles. The quantitative estimate of drug-likeness (QED) is 0.884. The van der Waals surface area contributed by atoms with Gasteiger partial charge >= 0.3 is 6.61 Å². The van der Waals surface area contributed by atoms with Crippen LogP contribution in [0, 0.1) is 5.82 Å². The second-order valence-corrected chi connectivity index (χ2v) is 5.44. The summed E-state index contributed by atoms with van der Waals surface area (Å²) in [5.41, 5.74) is 0.380. The van der Waals surface area contributed by atoms with Gasteiger partial charge in [0.15, 0.2) is 0 Å². The number of carbonyl (C=O) groups excluding carboxylic acids is 1. The zero-order chi connectivity index (χ0) is 18.1. The van der Waals surface area contributed by atoms with E-state index in [2.05, 4.69) is 15.4 Å². The molecule has 0 aliphatic carbocycles. The van der Waals surface area contributed by atoms with Crippen molar-refractivity contribution in [2.24, 2.45) is 7.05 Å². The van der Waals surface area contributed by atoms with Crippen molar-refractivity contribution in [2.75, 3.05) is 11.9 Å². The van der Waals surface area contributed by atoms with E-state index in [1.54, 1.807) is 0 Å². The lowest BCUT2D eigenvalue weighted by Crippen LogP contribution is -2.36. The van der Waals surface area contributed by atoms with Crippen LogP contribution >= 0.6 is 0 Å². The Labute approximate surface area is 140 Å². The maximum absolute atomic E-state index is 14.2. The molecule has 0 spiro atoms. The molecule has 1 amide bonds. The summed E-state index contributed by atoms with van der Waals surface area (Å²) in [4.78, 5) is 24.2. The summed E-state index contributed by atoms with van der Waals surface area (Å²) in [5.74, 6) is -1.45. The third-order valence-electron chi connectivity index (χ3n) is 3.85. The highest BCUT2D eigenvalue weighted by Crippen LogP contribution is 2.28. The van der Waals surface area contributed by atoms with E-state index in [1.807, 2.05) is 0 Å². The fraction of sp³-hybridized carbons (Fsp3) is 0.250. The first-order chi connectivity index (χ1) is 11.9. The minimum Gasteiger partial charge on any atom is -0.435 e. The van der Waals surface area contributed by atoms with Gasteiger partial charge in [-0.15, -0.1) is 0 Å². The smallest absolute Gasteiger partial charge is 0.387 e. The number of hydrogen-bond donors (Lipinski definition) is 2. The zero-order valence-electron chi connectivity index (χ0n) is 13.1. The summed E-state index contributed by atoms with van der Waals surface area (Å²) in [5, 5.41) is 5.37. The fourth-order valence-electron chi connectivity index (χ4n) is 2.64. The predicted molar refractivity (Wildman–Crippen MR) is 84.0 cm³/mol. The van der Waals surface area contributed by atoms with Crippen LogP contribution in [-0.2, 0) is 13.5 Å². The van der Waals surface area contributed by atoms with Gasteiger partial charge in [-0.2, -0.15) is 8.78 Å². The van der Waals surface area contributed by atoms with Crippen LogP contribution in [0.25, 0.3) is 0 Å². The number of carbonyl (C=O) groups is 1. The third kappa shape index (κ3) is 3.30. The third-order valence-corrected chi connectivity index (χ3v) is 3.85. The molecule has 25 heavy (non-hydrogen) atoms. The largest absolute Gasteiger partial charge is 0.435 e. The Hall–Kier alpha value is -2.97. The molecule has 1 aromatic carbocycles. The zero-order valence-corrected chi connectivity index (χ0v) is 13.1. The summed E-state index contributed by atoms with van der Waals surface area (Å²) < 4.78 is 43.9. The summed E-state index contributed by atoms with van der Waals surface area (Å²) in [6.07, 6.45) is 0.482. The second kappa shape index (κ2) is 6.50. The molecule has 2 N–H and O–H groups in total. The Morgan fingerprint density at radius 3 is 2.72 bits per heavy atom. The number of halogens is 3. The molecule has 0 fully saturated rings. The van der Waals surface area contributed by atoms with Crippen molar-refractivity contribution in [1.29, 1.82) is 0 Å². The van der Waals surface area contributed by atoms with E-state index in [0.29, 0.717) is 18.5 Å². The van der Waals surface area contributed by atoms with E-state index < -0.39 is 12.4 Å². The van der Waals surface area contributed by atoms with Crippen molar-refractivity contribution in [2.45, 2.75) is 13.0 Å². The van der Waals surface area contributed by atoms with Gasteiger partial charge in [0.1, 0.15) is 17.4 Å². The lowest BCUT2D eigenvalue weighted by molar-refractivity contribution is -0.0499. The average Bonchev–Trinajstić information content (AvgIpc) is 2.53. The maximum atomic E-state index is 14.2. The van der Waals surface area contributed by atoms with Crippen molar-refractivity contribution in [3.63, 3.8) is 0 Å². The number of alkyl halides is 2. The number of amides is 1. The summed E-state index contributed by atoms with van der Waals surface area (Å²) in [6, 6.07) is 4.51. The molecule has 2 heterocycles. The first kappa shape index (κ1) is 16.9. The summed E-state index contributed by atoms with van der Waals surface area (Å²) in [6.45, 7) is -2.66. The standard InChI is InChI=1S/C16H14F3N3O3/c1-22-12(23)6-8-4-5-20-15(24)13(8)14(22)21-11-3-2-9(7-10(11)17)25-16(18)19/h2-3,6-7,16,21H,4-5H2,1H3,(H,20,24). The molecular weight excluding hydrogens is 339 g/mol. The Kier molecular flexibility index (Phi) is 4.39. The van der Waals surface area contributed by atoms with Crippen LogP contribution in [0.4, 0.5) is 24.7 Å². The molecule has 6 nitrogen and oxygen atoms in total. The van der Waals surface area contributed by atoms with E-state index >= 15 is 0 Å². The van der Waals surface area contributed by atoms with Crippen molar-refractivity contribution in [1.82, 2.24) is 9.88 Å². The van der Waals surface area contributed by atoms with Crippen molar-refractivity contribution >= 4 is 17.4 Å². The van der Waals surface area contributed by atoms with Gasteiger partial charge in [-0.3, -0.25) is 14.2 Å². The van der Waals surface area contributed by atoms with E-state index in [0.717, 1.165) is 12.1 Å². The number of hydrogen-bond acceptors (Lipinski definition) is 4. The Morgan fingerprint density at radius 2 is 2.04 bits per heavy atom. The first-order valence-corrected chi connectivity index (χ1v) is 7.39. The second-order valence-electron chi connectivity index (χ2n) is 5.44. The van der Waals surface area contributed by atoms with Crippen molar-refractivity contribution in [3.8, 4) is 5.75 Å². The molecule has 1 aliphatic heterocycles. The summed E-state index contributed by atoms with van der Waals surface area (Å²) >= 11 is 0. The minimum atomic E-state index is -3.07. The molecule has 3 rings (SSSR count). The number of benzene rings is 1. The molecule has 9 heteroatoms. The number of rotatable bonds is 4. The lowest BCUT2D eigenvalue weighted by Gasteiger charge is -2.22. The highest BCUT2D eigenvalue weighted by atomic mass is 19.3. The van der Waals surface area contributed by atoms with E-state index in [-0.39, 0.29) is 34.3 Å². The predicted octanol–water partition coefficient (Wildman–Crippen LogP) is 2.16. The van der Waals surface area contributed by atoms with E-state index in [1.165, 1.54) is 23.7 Å². The summed E-state index contributed by atoms with van der Waals surface area (Å²) in [7, 11) is 1.44. The number of pyridine rings is 1. The number of nitrogens with zero attached hydrogens (tertiary/aromatic N) is 1. The number of aromatic nitrogens is 1. The number of fused-ring (bicyclic) bond motifs is 1. The van der Waals surface area contributed by atoms with Crippen LogP contribution in [0.3, 0.4) is 0 Å². The molecule has 1 aliphatic rings. The molecule has 0 unspecified atom stereocenters. The van der Waals surface area contributed by atoms with E-state index in [9.17, 15) is 22.8 Å². The maximum Gasteiger partial charge on any atom is 0.387 e. The number of ether oxygens (including phenoxy) is 1. The highest BCUT2D eigenvalue weighted by Gasteiger charge is 2.24. The average molecular weight is 353 g/mol. The molecule has 0 saturated carbocycles. The van der Waals surface area contributed by atoms with Gasteiger partial charge in [0.2, 0.25) is 0 Å².